The second-order valence-electron chi connectivity index (χ2n) is 7.86. The SMILES string of the molecule is CN(C)C(=O)c1cc2ccc(C3=CCCN(C(=O)CCn4cccnc4=O)C3)cc2[nH]1.[HH]. The van der Waals surface area contributed by atoms with Crippen molar-refractivity contribution < 1.29 is 11.0 Å². The zero-order valence-electron chi connectivity index (χ0n) is 17.7. The molecule has 0 radical (unpaired) electrons. The number of hydrogen-bond donors (Lipinski definition) is 1. The van der Waals surface area contributed by atoms with Gasteiger partial charge < -0.3 is 14.8 Å². The Bertz CT molecular complexity index is 1230. The summed E-state index contributed by atoms with van der Waals surface area (Å²) in [6, 6.07) is 9.57. The van der Waals surface area contributed by atoms with E-state index in [9.17, 15) is 14.4 Å². The number of nitrogens with zero attached hydrogens (tertiary/aromatic N) is 4. The molecule has 8 nitrogen and oxygen atoms in total. The van der Waals surface area contributed by atoms with Gasteiger partial charge in [0.25, 0.3) is 5.91 Å². The van der Waals surface area contributed by atoms with E-state index in [0.29, 0.717) is 25.3 Å². The quantitative estimate of drug-likeness (QED) is 0.685. The van der Waals surface area contributed by atoms with E-state index in [-0.39, 0.29) is 25.4 Å². The maximum atomic E-state index is 12.7. The molecular formula is C23H27N5O3. The molecule has 2 aromatic heterocycles. The third kappa shape index (κ3) is 4.42. The van der Waals surface area contributed by atoms with Crippen molar-refractivity contribution in [3.63, 3.8) is 0 Å². The maximum absolute atomic E-state index is 12.7. The highest BCUT2D eigenvalue weighted by molar-refractivity contribution is 5.98. The summed E-state index contributed by atoms with van der Waals surface area (Å²) >= 11 is 0. The highest BCUT2D eigenvalue weighted by atomic mass is 16.2. The Kier molecular flexibility index (Phi) is 5.70. The molecule has 2 amide bonds. The third-order valence-corrected chi connectivity index (χ3v) is 5.48. The summed E-state index contributed by atoms with van der Waals surface area (Å²) in [4.78, 5) is 47.0. The zero-order chi connectivity index (χ0) is 22.0. The molecule has 1 aliphatic heterocycles. The number of H-pyrrole nitrogens is 1. The van der Waals surface area contributed by atoms with Gasteiger partial charge in [-0.2, -0.15) is 0 Å². The average molecular weight is 422 g/mol. The number of carbonyl (C=O) groups excluding carboxylic acids is 2. The molecule has 0 unspecified atom stereocenters. The van der Waals surface area contributed by atoms with Gasteiger partial charge in [0.15, 0.2) is 0 Å². The van der Waals surface area contributed by atoms with Crippen molar-refractivity contribution in [3.8, 4) is 0 Å². The summed E-state index contributed by atoms with van der Waals surface area (Å²) < 4.78 is 1.45. The van der Waals surface area contributed by atoms with Crippen LogP contribution in [0, 0.1) is 0 Å². The largest absolute Gasteiger partial charge is 0.351 e. The fraction of sp³-hybridized carbons (Fsp3) is 0.304. The molecular weight excluding hydrogens is 394 g/mol. The first-order valence-corrected chi connectivity index (χ1v) is 10.3. The van der Waals surface area contributed by atoms with E-state index in [1.54, 1.807) is 31.3 Å². The van der Waals surface area contributed by atoms with Crippen LogP contribution in [0.3, 0.4) is 0 Å². The fourth-order valence-corrected chi connectivity index (χ4v) is 3.78. The van der Waals surface area contributed by atoms with Crippen LogP contribution in [0.5, 0.6) is 0 Å². The van der Waals surface area contributed by atoms with Crippen LogP contribution in [0.1, 0.15) is 30.3 Å². The first-order chi connectivity index (χ1) is 14.9. The molecule has 0 aliphatic carbocycles. The van der Waals surface area contributed by atoms with Crippen molar-refractivity contribution >= 4 is 28.3 Å². The lowest BCUT2D eigenvalue weighted by atomic mass is 10.00. The Morgan fingerprint density at radius 1 is 1.26 bits per heavy atom. The lowest BCUT2D eigenvalue weighted by molar-refractivity contribution is -0.130. The summed E-state index contributed by atoms with van der Waals surface area (Å²) in [5.41, 5.74) is 3.20. The van der Waals surface area contributed by atoms with Gasteiger partial charge >= 0.3 is 5.69 Å². The molecule has 3 aromatic rings. The monoisotopic (exact) mass is 421 g/mol. The van der Waals surface area contributed by atoms with Crippen LogP contribution in [0.4, 0.5) is 0 Å². The molecule has 162 valence electrons. The number of aryl methyl sites for hydroxylation is 1. The number of hydrogen-bond acceptors (Lipinski definition) is 4. The summed E-state index contributed by atoms with van der Waals surface area (Å²) in [7, 11) is 3.45. The second kappa shape index (κ2) is 8.59. The number of nitrogens with one attached hydrogen (secondary N) is 1. The van der Waals surface area contributed by atoms with Gasteiger partial charge in [0, 0.05) is 64.9 Å². The van der Waals surface area contributed by atoms with E-state index in [4.69, 9.17) is 0 Å². The fourth-order valence-electron chi connectivity index (χ4n) is 3.78. The maximum Gasteiger partial charge on any atom is 0.347 e. The topological polar surface area (TPSA) is 91.3 Å². The van der Waals surface area contributed by atoms with Gasteiger partial charge in [0.2, 0.25) is 5.91 Å². The van der Waals surface area contributed by atoms with Crippen LogP contribution in [-0.4, -0.2) is 63.3 Å². The van der Waals surface area contributed by atoms with Crippen LogP contribution < -0.4 is 5.69 Å². The zero-order valence-corrected chi connectivity index (χ0v) is 17.7. The van der Waals surface area contributed by atoms with Crippen LogP contribution in [0.15, 0.2) is 53.6 Å². The van der Waals surface area contributed by atoms with Crippen molar-refractivity contribution in [2.45, 2.75) is 19.4 Å². The number of fused-ring (bicyclic) bond motifs is 1. The highest BCUT2D eigenvalue weighted by Crippen LogP contribution is 2.25. The van der Waals surface area contributed by atoms with Crippen LogP contribution in [0.2, 0.25) is 0 Å². The Balaban J connectivity index is 0.00000289. The highest BCUT2D eigenvalue weighted by Gasteiger charge is 2.20. The number of rotatable bonds is 5. The van der Waals surface area contributed by atoms with Gasteiger partial charge in [0.1, 0.15) is 5.69 Å². The van der Waals surface area contributed by atoms with Crippen LogP contribution in [0.25, 0.3) is 16.5 Å². The minimum Gasteiger partial charge on any atom is -0.351 e. The predicted octanol–water partition coefficient (Wildman–Crippen LogP) is 2.38. The number of carbonyl (C=O) groups is 2. The van der Waals surface area contributed by atoms with Gasteiger partial charge in [-0.25, -0.2) is 9.78 Å². The van der Waals surface area contributed by atoms with Crippen LogP contribution >= 0.6 is 0 Å². The molecule has 4 rings (SSSR count). The molecule has 8 heteroatoms. The Hall–Kier alpha value is -3.68. The van der Waals surface area contributed by atoms with E-state index in [1.165, 1.54) is 10.8 Å². The number of benzene rings is 1. The molecule has 3 heterocycles. The van der Waals surface area contributed by atoms with E-state index in [2.05, 4.69) is 16.0 Å². The van der Waals surface area contributed by atoms with Crippen molar-refractivity contribution in [2.24, 2.45) is 0 Å². The molecule has 0 saturated heterocycles. The smallest absolute Gasteiger partial charge is 0.347 e. The summed E-state index contributed by atoms with van der Waals surface area (Å²) in [6.45, 7) is 1.51. The average Bonchev–Trinajstić information content (AvgIpc) is 3.21. The first kappa shape index (κ1) is 20.6. The lowest BCUT2D eigenvalue weighted by Gasteiger charge is -2.28. The Morgan fingerprint density at radius 2 is 2.10 bits per heavy atom. The van der Waals surface area contributed by atoms with Crippen molar-refractivity contribution in [3.05, 3.63) is 70.5 Å². The molecule has 0 fully saturated rings. The minimum absolute atomic E-state index is 0. The molecule has 0 saturated carbocycles. The standard InChI is InChI=1S/C23H25N5O3.H2/c1-26(2)22(30)20-14-17-7-6-16(13-19(17)25-20)18-5-3-10-28(15-18)21(29)8-12-27-11-4-9-24-23(27)31;/h4-7,9,11,13-14,25H,3,8,10,12,15H2,1-2H3;1H. The molecule has 31 heavy (non-hydrogen) atoms. The van der Waals surface area contributed by atoms with Crippen molar-refractivity contribution in [2.75, 3.05) is 27.2 Å². The number of amides is 2. The van der Waals surface area contributed by atoms with Crippen LogP contribution in [-0.2, 0) is 11.3 Å². The van der Waals surface area contributed by atoms with E-state index in [1.807, 2.05) is 29.2 Å². The Labute approximate surface area is 181 Å². The third-order valence-electron chi connectivity index (χ3n) is 5.48. The van der Waals surface area contributed by atoms with Gasteiger partial charge in [-0.05, 0) is 35.8 Å². The predicted molar refractivity (Wildman–Crippen MR) is 121 cm³/mol. The molecule has 1 aliphatic rings. The molecule has 1 N–H and O–H groups in total. The summed E-state index contributed by atoms with van der Waals surface area (Å²) in [5.74, 6) is -0.0553. The number of aromatic amines is 1. The molecule has 1 aromatic carbocycles. The summed E-state index contributed by atoms with van der Waals surface area (Å²) in [6.07, 6.45) is 6.28. The van der Waals surface area contributed by atoms with Crippen molar-refractivity contribution in [1.82, 2.24) is 24.3 Å². The Morgan fingerprint density at radius 3 is 2.87 bits per heavy atom. The molecule has 0 atom stereocenters. The van der Waals surface area contributed by atoms with Gasteiger partial charge in [-0.1, -0.05) is 18.2 Å². The molecule has 0 bridgehead atoms. The second-order valence-corrected chi connectivity index (χ2v) is 7.86. The van der Waals surface area contributed by atoms with Crippen molar-refractivity contribution in [1.29, 1.82) is 0 Å². The van der Waals surface area contributed by atoms with Gasteiger partial charge in [0.05, 0.1) is 0 Å². The number of aromatic nitrogens is 3. The van der Waals surface area contributed by atoms with Gasteiger partial charge in [-0.3, -0.25) is 14.2 Å². The summed E-state index contributed by atoms with van der Waals surface area (Å²) in [5, 5.41) is 0.972. The lowest BCUT2D eigenvalue weighted by Crippen LogP contribution is -2.36. The van der Waals surface area contributed by atoms with E-state index in [0.717, 1.165) is 28.5 Å². The van der Waals surface area contributed by atoms with Gasteiger partial charge in [-0.15, -0.1) is 0 Å². The van der Waals surface area contributed by atoms with E-state index >= 15 is 0 Å². The minimum atomic E-state index is -0.346. The first-order valence-electron chi connectivity index (χ1n) is 10.3. The molecule has 0 spiro atoms. The normalized spacial score (nSPS) is 13.9. The van der Waals surface area contributed by atoms with E-state index < -0.39 is 0 Å².